The van der Waals surface area contributed by atoms with Gasteiger partial charge >= 0.3 is 6.09 Å². The highest BCUT2D eigenvalue weighted by Crippen LogP contribution is 2.52. The van der Waals surface area contributed by atoms with Crippen LogP contribution in [0.1, 0.15) is 60.3 Å². The summed E-state index contributed by atoms with van der Waals surface area (Å²) in [6.45, 7) is 8.87. The van der Waals surface area contributed by atoms with E-state index in [0.717, 1.165) is 42.4 Å². The number of halogens is 2. The van der Waals surface area contributed by atoms with Gasteiger partial charge in [-0.05, 0) is 96.2 Å². The van der Waals surface area contributed by atoms with Gasteiger partial charge in [-0.15, -0.1) is 10.2 Å². The van der Waals surface area contributed by atoms with Crippen molar-refractivity contribution in [2.45, 2.75) is 89.8 Å². The van der Waals surface area contributed by atoms with E-state index in [9.17, 15) is 19.1 Å². The Kier molecular flexibility index (Phi) is 7.27. The molecule has 2 fully saturated rings. The zero-order valence-corrected chi connectivity index (χ0v) is 24.8. The normalized spacial score (nSPS) is 23.6. The first-order chi connectivity index (χ1) is 19.6. The summed E-state index contributed by atoms with van der Waals surface area (Å²) in [4.78, 5) is 29.2. The topological polar surface area (TPSA) is 101 Å². The maximum Gasteiger partial charge on any atom is 0.411 e. The first kappa shape index (κ1) is 29.5. The Morgan fingerprint density at radius 2 is 1.76 bits per heavy atom. The van der Waals surface area contributed by atoms with E-state index in [4.69, 9.17) is 4.74 Å². The van der Waals surface area contributed by atoms with E-state index >= 15 is 4.39 Å². The van der Waals surface area contributed by atoms with Gasteiger partial charge in [0.15, 0.2) is 12.6 Å². The molecule has 9 nitrogen and oxygen atoms in total. The molecule has 3 aromatic rings. The summed E-state index contributed by atoms with van der Waals surface area (Å²) < 4.78 is 34.6. The van der Waals surface area contributed by atoms with Crippen LogP contribution < -0.4 is 10.5 Å². The van der Waals surface area contributed by atoms with Crippen molar-refractivity contribution in [1.82, 2.24) is 19.7 Å². The molecule has 1 aromatic carbocycles. The fourth-order valence-electron chi connectivity index (χ4n) is 6.52. The summed E-state index contributed by atoms with van der Waals surface area (Å²) in [5.41, 5.74) is -1.24. The molecule has 42 heavy (non-hydrogen) atoms. The van der Waals surface area contributed by atoms with Gasteiger partial charge in [0.25, 0.3) is 5.56 Å². The fourth-order valence-corrected chi connectivity index (χ4v) is 6.52. The van der Waals surface area contributed by atoms with Gasteiger partial charge in [-0.1, -0.05) is 0 Å². The standard InChI is InChI=1S/C31H37F2N5O4/c1-29(2,3)42-28(41)38-30(4)10-11-31(38,5)17-20(16-30)36(6)26-8-7-24(34-35-26)22-14-23(33)21(15-25(22)39)19-9-12-37(18-32)27(40)13-19/h7-9,12-15,20,39H,10-11,16-18H2,1-6H3/t20?,30-,31+. The minimum Gasteiger partial charge on any atom is -0.507 e. The average Bonchev–Trinajstić information content (AvgIpc) is 3.09. The maximum atomic E-state index is 15.1. The Labute approximate surface area is 243 Å². The minimum absolute atomic E-state index is 0.0121. The number of pyridine rings is 1. The van der Waals surface area contributed by atoms with Gasteiger partial charge in [0.2, 0.25) is 0 Å². The molecule has 2 aliphatic rings. The van der Waals surface area contributed by atoms with Crippen LogP contribution in [0.25, 0.3) is 22.4 Å². The lowest BCUT2D eigenvalue weighted by Crippen LogP contribution is -2.63. The number of carbonyl (C=O) groups is 1. The number of benzene rings is 1. The first-order valence-electron chi connectivity index (χ1n) is 14.0. The second kappa shape index (κ2) is 10.4. The van der Waals surface area contributed by atoms with E-state index in [2.05, 4.69) is 28.9 Å². The second-order valence-electron chi connectivity index (χ2n) is 13.0. The Morgan fingerprint density at radius 1 is 1.10 bits per heavy atom. The highest BCUT2D eigenvalue weighted by Gasteiger charge is 2.59. The molecule has 0 spiro atoms. The van der Waals surface area contributed by atoms with E-state index in [0.29, 0.717) is 5.82 Å². The average molecular weight is 582 g/mol. The quantitative estimate of drug-likeness (QED) is 0.401. The molecule has 0 aliphatic carbocycles. The molecule has 1 amide bonds. The second-order valence-corrected chi connectivity index (χ2v) is 13.0. The minimum atomic E-state index is -0.987. The van der Waals surface area contributed by atoms with E-state index in [-0.39, 0.29) is 51.3 Å². The predicted molar refractivity (Wildman–Crippen MR) is 155 cm³/mol. The first-order valence-corrected chi connectivity index (χ1v) is 14.0. The number of ether oxygens (including phenoxy) is 1. The SMILES string of the molecule is CN(c1ccc(-c2cc(F)c(-c3ccn(CF)c(=O)c3)cc2O)nn1)C1C[C@]2(C)CC[C@](C)(C1)N2C(=O)OC(C)(C)C. The van der Waals surface area contributed by atoms with E-state index in [1.54, 1.807) is 12.1 Å². The van der Waals surface area contributed by atoms with E-state index in [1.165, 1.54) is 18.3 Å². The lowest BCUT2D eigenvalue weighted by Gasteiger charge is -2.52. The van der Waals surface area contributed by atoms with Crippen molar-refractivity contribution in [3.63, 3.8) is 0 Å². The van der Waals surface area contributed by atoms with Gasteiger partial charge in [0, 0.05) is 47.6 Å². The molecule has 2 aromatic heterocycles. The highest BCUT2D eigenvalue weighted by molar-refractivity contribution is 5.75. The Hall–Kier alpha value is -4.02. The van der Waals surface area contributed by atoms with Gasteiger partial charge in [-0.3, -0.25) is 14.3 Å². The molecule has 224 valence electrons. The van der Waals surface area contributed by atoms with Crippen molar-refractivity contribution in [3.8, 4) is 28.1 Å². The molecule has 0 radical (unpaired) electrons. The third-order valence-corrected chi connectivity index (χ3v) is 8.57. The van der Waals surface area contributed by atoms with Crippen LogP contribution in [-0.2, 0) is 11.5 Å². The summed E-state index contributed by atoms with van der Waals surface area (Å²) in [6, 6.07) is 8.43. The monoisotopic (exact) mass is 581 g/mol. The third-order valence-electron chi connectivity index (χ3n) is 8.57. The third kappa shape index (κ3) is 5.32. The van der Waals surface area contributed by atoms with Crippen LogP contribution in [0.5, 0.6) is 5.75 Å². The van der Waals surface area contributed by atoms with Gasteiger partial charge < -0.3 is 14.7 Å². The molecule has 2 bridgehead atoms. The van der Waals surface area contributed by atoms with Crippen LogP contribution in [0.3, 0.4) is 0 Å². The van der Waals surface area contributed by atoms with Crippen molar-refractivity contribution in [3.05, 3.63) is 58.8 Å². The van der Waals surface area contributed by atoms with Gasteiger partial charge in [-0.25, -0.2) is 13.6 Å². The number of alkyl halides is 1. The smallest absolute Gasteiger partial charge is 0.411 e. The summed E-state index contributed by atoms with van der Waals surface area (Å²) in [7, 11) is 1.95. The zero-order chi connectivity index (χ0) is 30.6. The predicted octanol–water partition coefficient (Wildman–Crippen LogP) is 5.89. The zero-order valence-electron chi connectivity index (χ0n) is 24.8. The van der Waals surface area contributed by atoms with Gasteiger partial charge in [0.1, 0.15) is 17.2 Å². The Bertz CT molecular complexity index is 1550. The Balaban J connectivity index is 1.35. The Morgan fingerprint density at radius 3 is 2.31 bits per heavy atom. The molecular formula is C31H37F2N5O4. The number of phenolic OH excluding ortho intramolecular Hbond substituents is 1. The molecule has 2 saturated heterocycles. The van der Waals surface area contributed by atoms with Crippen molar-refractivity contribution >= 4 is 11.9 Å². The van der Waals surface area contributed by atoms with Crippen molar-refractivity contribution in [2.24, 2.45) is 0 Å². The number of carbonyl (C=O) groups excluding carboxylic acids is 1. The summed E-state index contributed by atoms with van der Waals surface area (Å²) in [5, 5.41) is 19.4. The van der Waals surface area contributed by atoms with Crippen molar-refractivity contribution < 1.29 is 23.4 Å². The van der Waals surface area contributed by atoms with Gasteiger partial charge in [-0.2, -0.15) is 0 Å². The van der Waals surface area contributed by atoms with Crippen molar-refractivity contribution in [1.29, 1.82) is 0 Å². The number of aromatic hydroxyl groups is 1. The molecule has 3 atom stereocenters. The number of hydrogen-bond donors (Lipinski definition) is 1. The lowest BCUT2D eigenvalue weighted by atomic mass is 9.82. The summed E-state index contributed by atoms with van der Waals surface area (Å²) in [6.07, 6.45) is 4.20. The van der Waals surface area contributed by atoms with Crippen LogP contribution >= 0.6 is 0 Å². The number of rotatable bonds is 5. The number of anilines is 1. The maximum absolute atomic E-state index is 15.1. The largest absolute Gasteiger partial charge is 0.507 e. The number of nitrogens with zero attached hydrogens (tertiary/aromatic N) is 5. The molecule has 4 heterocycles. The van der Waals surface area contributed by atoms with E-state index < -0.39 is 23.8 Å². The molecule has 0 saturated carbocycles. The van der Waals surface area contributed by atoms with Crippen molar-refractivity contribution in [2.75, 3.05) is 11.9 Å². The lowest BCUT2D eigenvalue weighted by molar-refractivity contribution is -0.0357. The molecule has 1 N–H and O–H groups in total. The summed E-state index contributed by atoms with van der Waals surface area (Å²) >= 11 is 0. The van der Waals surface area contributed by atoms with Crippen LogP contribution in [0.15, 0.2) is 47.4 Å². The number of aromatic nitrogens is 3. The number of amides is 1. The fraction of sp³-hybridized carbons (Fsp3) is 0.484. The molecule has 11 heteroatoms. The van der Waals surface area contributed by atoms with Crippen LogP contribution in [-0.4, -0.2) is 60.6 Å². The van der Waals surface area contributed by atoms with Crippen LogP contribution in [0.4, 0.5) is 19.4 Å². The number of phenols is 1. The summed E-state index contributed by atoms with van der Waals surface area (Å²) in [5.74, 6) is -0.286. The van der Waals surface area contributed by atoms with Gasteiger partial charge in [0.05, 0.1) is 5.69 Å². The highest BCUT2D eigenvalue weighted by atomic mass is 19.1. The van der Waals surface area contributed by atoms with Crippen LogP contribution in [0, 0.1) is 5.82 Å². The van der Waals surface area contributed by atoms with Crippen LogP contribution in [0.2, 0.25) is 0 Å². The molecule has 1 unspecified atom stereocenters. The number of fused-ring (bicyclic) bond motifs is 2. The molecular weight excluding hydrogens is 544 g/mol. The number of piperidine rings is 1. The molecule has 2 aliphatic heterocycles. The number of hydrogen-bond acceptors (Lipinski definition) is 7. The molecule has 5 rings (SSSR count). The van der Waals surface area contributed by atoms with E-state index in [1.807, 2.05) is 32.7 Å².